The zero-order valence-corrected chi connectivity index (χ0v) is 10.1. The average Bonchev–Trinajstić information content (AvgIpc) is 2.80. The second-order valence-electron chi connectivity index (χ2n) is 3.69. The van der Waals surface area contributed by atoms with E-state index in [-0.39, 0.29) is 0 Å². The van der Waals surface area contributed by atoms with E-state index in [1.165, 1.54) is 5.56 Å². The van der Waals surface area contributed by atoms with E-state index in [1.54, 1.807) is 11.3 Å². The van der Waals surface area contributed by atoms with E-state index >= 15 is 0 Å². The fraction of sp³-hybridized carbons (Fsp3) is 0.231. The van der Waals surface area contributed by atoms with Gasteiger partial charge in [-0.1, -0.05) is 18.2 Å². The number of benzene rings is 1. The fourth-order valence-electron chi connectivity index (χ4n) is 1.61. The van der Waals surface area contributed by atoms with Crippen molar-refractivity contribution < 1.29 is 4.74 Å². The number of rotatable bonds is 4. The van der Waals surface area contributed by atoms with Gasteiger partial charge >= 0.3 is 0 Å². The molecule has 0 saturated carbocycles. The molecule has 1 heterocycles. The van der Waals surface area contributed by atoms with Crippen LogP contribution in [0.2, 0.25) is 0 Å². The highest BCUT2D eigenvalue weighted by Crippen LogP contribution is 2.24. The summed E-state index contributed by atoms with van der Waals surface area (Å²) in [4.78, 5) is 0. The largest absolute Gasteiger partial charge is 0.488 e. The van der Waals surface area contributed by atoms with Gasteiger partial charge in [0.1, 0.15) is 12.4 Å². The van der Waals surface area contributed by atoms with Crippen LogP contribution in [0.1, 0.15) is 16.7 Å². The van der Waals surface area contributed by atoms with Gasteiger partial charge in [-0.15, -0.1) is 0 Å². The van der Waals surface area contributed by atoms with Gasteiger partial charge in [-0.3, -0.25) is 0 Å². The number of ether oxygens (including phenoxy) is 1. The van der Waals surface area contributed by atoms with Gasteiger partial charge < -0.3 is 10.5 Å². The van der Waals surface area contributed by atoms with Crippen LogP contribution < -0.4 is 10.5 Å². The number of para-hydroxylation sites is 1. The van der Waals surface area contributed by atoms with Crippen molar-refractivity contribution in [2.24, 2.45) is 5.73 Å². The van der Waals surface area contributed by atoms with Crippen LogP contribution in [0.15, 0.2) is 35.0 Å². The van der Waals surface area contributed by atoms with Crippen molar-refractivity contribution in [3.05, 3.63) is 51.7 Å². The first-order valence-corrected chi connectivity index (χ1v) is 6.18. The average molecular weight is 233 g/mol. The van der Waals surface area contributed by atoms with Gasteiger partial charge in [0, 0.05) is 12.1 Å². The number of aryl methyl sites for hydroxylation is 1. The van der Waals surface area contributed by atoms with Crippen LogP contribution in [0.5, 0.6) is 5.75 Å². The molecule has 2 rings (SSSR count). The highest BCUT2D eigenvalue weighted by Gasteiger charge is 2.05. The van der Waals surface area contributed by atoms with Crippen LogP contribution in [0.3, 0.4) is 0 Å². The van der Waals surface area contributed by atoms with E-state index in [1.807, 2.05) is 25.1 Å². The summed E-state index contributed by atoms with van der Waals surface area (Å²) in [7, 11) is 0. The second-order valence-corrected chi connectivity index (χ2v) is 4.47. The zero-order valence-electron chi connectivity index (χ0n) is 9.27. The summed E-state index contributed by atoms with van der Waals surface area (Å²) in [6, 6.07) is 8.14. The molecule has 0 radical (unpaired) electrons. The van der Waals surface area contributed by atoms with Crippen LogP contribution >= 0.6 is 11.3 Å². The molecule has 84 valence electrons. The molecule has 1 aromatic heterocycles. The molecule has 0 aliphatic rings. The van der Waals surface area contributed by atoms with E-state index in [0.29, 0.717) is 13.2 Å². The quantitative estimate of drug-likeness (QED) is 0.880. The summed E-state index contributed by atoms with van der Waals surface area (Å²) in [5, 5.41) is 4.15. The molecule has 0 fully saturated rings. The minimum Gasteiger partial charge on any atom is -0.488 e. The predicted octanol–water partition coefficient (Wildman–Crippen LogP) is 3.09. The second kappa shape index (κ2) is 5.14. The molecule has 0 spiro atoms. The summed E-state index contributed by atoms with van der Waals surface area (Å²) in [5.74, 6) is 0.927. The molecule has 3 heteroatoms. The Kier molecular flexibility index (Phi) is 3.59. The number of nitrogens with two attached hydrogens (primary N) is 1. The maximum Gasteiger partial charge on any atom is 0.127 e. The monoisotopic (exact) mass is 233 g/mol. The molecule has 0 aliphatic carbocycles. The highest BCUT2D eigenvalue weighted by molar-refractivity contribution is 7.07. The minimum absolute atomic E-state index is 0.515. The lowest BCUT2D eigenvalue weighted by atomic mass is 10.1. The van der Waals surface area contributed by atoms with Crippen molar-refractivity contribution >= 4 is 11.3 Å². The molecule has 0 atom stereocenters. The normalized spacial score (nSPS) is 10.4. The molecule has 16 heavy (non-hydrogen) atoms. The van der Waals surface area contributed by atoms with Crippen molar-refractivity contribution in [3.63, 3.8) is 0 Å². The van der Waals surface area contributed by atoms with Crippen molar-refractivity contribution in [2.45, 2.75) is 20.1 Å². The van der Waals surface area contributed by atoms with E-state index in [2.05, 4.69) is 16.8 Å². The van der Waals surface area contributed by atoms with E-state index in [0.717, 1.165) is 16.9 Å². The molecule has 0 saturated heterocycles. The van der Waals surface area contributed by atoms with Crippen LogP contribution in [-0.2, 0) is 13.2 Å². The van der Waals surface area contributed by atoms with Gasteiger partial charge in [-0.05, 0) is 34.9 Å². The third-order valence-electron chi connectivity index (χ3n) is 2.48. The van der Waals surface area contributed by atoms with E-state index < -0.39 is 0 Å². The first-order chi connectivity index (χ1) is 7.81. The van der Waals surface area contributed by atoms with Gasteiger partial charge in [-0.2, -0.15) is 11.3 Å². The van der Waals surface area contributed by atoms with Gasteiger partial charge in [-0.25, -0.2) is 0 Å². The third kappa shape index (κ3) is 2.43. The summed E-state index contributed by atoms with van der Waals surface area (Å²) in [5.41, 5.74) is 9.10. The van der Waals surface area contributed by atoms with Gasteiger partial charge in [0.05, 0.1) is 0 Å². The molecule has 0 aliphatic heterocycles. The smallest absolute Gasteiger partial charge is 0.127 e. The minimum atomic E-state index is 0.515. The fourth-order valence-corrected chi connectivity index (χ4v) is 2.26. The van der Waals surface area contributed by atoms with Crippen LogP contribution in [0, 0.1) is 6.92 Å². The topological polar surface area (TPSA) is 35.2 Å². The van der Waals surface area contributed by atoms with E-state index in [4.69, 9.17) is 10.5 Å². The van der Waals surface area contributed by atoms with Crippen LogP contribution in [0.25, 0.3) is 0 Å². The molecular weight excluding hydrogens is 218 g/mol. The molecule has 2 aromatic rings. The third-order valence-corrected chi connectivity index (χ3v) is 3.21. The summed E-state index contributed by atoms with van der Waals surface area (Å²) >= 11 is 1.68. The Labute approximate surface area is 99.7 Å². The number of hydrogen-bond acceptors (Lipinski definition) is 3. The molecule has 2 N–H and O–H groups in total. The van der Waals surface area contributed by atoms with Crippen molar-refractivity contribution in [2.75, 3.05) is 0 Å². The van der Waals surface area contributed by atoms with Crippen molar-refractivity contribution in [1.82, 2.24) is 0 Å². The van der Waals surface area contributed by atoms with Gasteiger partial charge in [0.15, 0.2) is 0 Å². The molecular formula is C13H15NOS. The van der Waals surface area contributed by atoms with Crippen LogP contribution in [-0.4, -0.2) is 0 Å². The lowest BCUT2D eigenvalue weighted by Crippen LogP contribution is -2.03. The molecule has 2 nitrogen and oxygen atoms in total. The standard InChI is InChI=1S/C13H15NOS/c1-10-3-2-4-12(7-14)13(10)15-8-11-5-6-16-9-11/h2-6,9H,7-8,14H2,1H3. The van der Waals surface area contributed by atoms with E-state index in [9.17, 15) is 0 Å². The Morgan fingerprint density at radius 2 is 2.19 bits per heavy atom. The summed E-state index contributed by atoms with van der Waals surface area (Å²) in [6.45, 7) is 3.17. The Morgan fingerprint density at radius 3 is 2.88 bits per heavy atom. The maximum absolute atomic E-state index is 5.83. The zero-order chi connectivity index (χ0) is 11.4. The molecule has 0 unspecified atom stereocenters. The Hall–Kier alpha value is -1.32. The van der Waals surface area contributed by atoms with Crippen molar-refractivity contribution in [3.8, 4) is 5.75 Å². The first-order valence-electron chi connectivity index (χ1n) is 5.23. The summed E-state index contributed by atoms with van der Waals surface area (Å²) < 4.78 is 5.83. The lowest BCUT2D eigenvalue weighted by molar-refractivity contribution is 0.301. The van der Waals surface area contributed by atoms with Gasteiger partial charge in [0.2, 0.25) is 0 Å². The lowest BCUT2D eigenvalue weighted by Gasteiger charge is -2.12. The Bertz CT molecular complexity index is 451. The Balaban J connectivity index is 2.14. The highest BCUT2D eigenvalue weighted by atomic mass is 32.1. The maximum atomic E-state index is 5.83. The SMILES string of the molecule is Cc1cccc(CN)c1OCc1ccsc1. The van der Waals surface area contributed by atoms with Gasteiger partial charge in [0.25, 0.3) is 0 Å². The summed E-state index contributed by atoms with van der Waals surface area (Å²) in [6.07, 6.45) is 0. The van der Waals surface area contributed by atoms with Crippen LogP contribution in [0.4, 0.5) is 0 Å². The van der Waals surface area contributed by atoms with Crippen molar-refractivity contribution in [1.29, 1.82) is 0 Å². The molecule has 0 amide bonds. The predicted molar refractivity (Wildman–Crippen MR) is 67.7 cm³/mol. The Morgan fingerprint density at radius 1 is 1.31 bits per heavy atom. The molecule has 1 aromatic carbocycles. The molecule has 0 bridgehead atoms. The number of hydrogen-bond donors (Lipinski definition) is 1. The number of thiophene rings is 1. The first kappa shape index (κ1) is 11.2.